The summed E-state index contributed by atoms with van der Waals surface area (Å²) in [6, 6.07) is 0. The Morgan fingerprint density at radius 3 is 0.875 bits per heavy atom. The van der Waals surface area contributed by atoms with Gasteiger partial charge in [-0.2, -0.15) is 0 Å². The van der Waals surface area contributed by atoms with Crippen LogP contribution >= 0.6 is 0 Å². The van der Waals surface area contributed by atoms with Gasteiger partial charge in [-0.3, -0.25) is 4.79 Å². The molecule has 11 fully saturated rings. The molecule has 104 heavy (non-hydrogen) atoms. The number of rotatable bonds is 13. The molecule has 0 aromatic carbocycles. The first-order valence-corrected chi connectivity index (χ1v) is 47.5. The highest BCUT2D eigenvalue weighted by Crippen LogP contribution is 2.65. The minimum absolute atomic E-state index is 0.0874. The molecule has 1 aliphatic heterocycles. The molecule has 0 aromatic rings. The molecule has 0 spiro atoms. The zero-order valence-corrected chi connectivity index (χ0v) is 80.9. The molecule has 634 valence electrons. The van der Waals surface area contributed by atoms with E-state index in [0.29, 0.717) is 34.0 Å². The number of esters is 1. The number of ether oxygens (including phenoxy) is 1. The second kappa shape index (κ2) is 68.1. The molecule has 4 unspecified atom stereocenters. The maximum absolute atomic E-state index is 11.4. The summed E-state index contributed by atoms with van der Waals surface area (Å²) in [4.78, 5) is 11.4. The Bertz CT molecular complexity index is 1670. The van der Waals surface area contributed by atoms with E-state index in [9.17, 15) is 4.79 Å². The van der Waals surface area contributed by atoms with Gasteiger partial charge in [0.05, 0.1) is 5.92 Å². The van der Waals surface area contributed by atoms with Crippen LogP contribution in [0.5, 0.6) is 0 Å². The van der Waals surface area contributed by atoms with Crippen LogP contribution in [0, 0.1) is 122 Å². The molecule has 2 heteroatoms. The van der Waals surface area contributed by atoms with Gasteiger partial charge in [0.2, 0.25) is 0 Å². The average molecular weight is 1470 g/mol. The summed E-state index contributed by atoms with van der Waals surface area (Å²) < 4.78 is 5.38. The summed E-state index contributed by atoms with van der Waals surface area (Å²) in [6.45, 7) is 88.1. The number of carbonyl (C=O) groups is 1. The number of carbonyl (C=O) groups excluding carboxylic acids is 1. The Morgan fingerprint density at radius 2 is 0.702 bits per heavy atom. The monoisotopic (exact) mass is 1470 g/mol. The zero-order valence-electron chi connectivity index (χ0n) is 80.9. The lowest BCUT2D eigenvalue weighted by Gasteiger charge is -2.60. The Labute approximate surface area is 666 Å². The third-order valence-electron chi connectivity index (χ3n) is 23.6. The Balaban J connectivity index is -0.000000250. The van der Waals surface area contributed by atoms with Crippen molar-refractivity contribution in [3.63, 3.8) is 0 Å². The van der Waals surface area contributed by atoms with Crippen molar-refractivity contribution in [2.75, 3.05) is 0 Å². The summed E-state index contributed by atoms with van der Waals surface area (Å²) in [6.07, 6.45) is 57.2. The van der Waals surface area contributed by atoms with Gasteiger partial charge in [0.15, 0.2) is 0 Å². The van der Waals surface area contributed by atoms with E-state index in [2.05, 4.69) is 270 Å². The largest absolute Gasteiger partial charge is 0.462 e. The molecule has 0 aromatic heterocycles. The number of hydrogen-bond donors (Lipinski definition) is 0. The van der Waals surface area contributed by atoms with Gasteiger partial charge < -0.3 is 4.74 Å². The van der Waals surface area contributed by atoms with Crippen molar-refractivity contribution in [3.8, 4) is 0 Å². The first kappa shape index (κ1) is 114. The summed E-state index contributed by atoms with van der Waals surface area (Å²) >= 11 is 0. The van der Waals surface area contributed by atoms with E-state index in [-0.39, 0.29) is 18.0 Å². The first-order valence-electron chi connectivity index (χ1n) is 47.5. The van der Waals surface area contributed by atoms with Crippen molar-refractivity contribution in [2.45, 2.75) is 533 Å². The van der Waals surface area contributed by atoms with Crippen LogP contribution in [-0.2, 0) is 9.53 Å². The third kappa shape index (κ3) is 69.4. The van der Waals surface area contributed by atoms with Gasteiger partial charge in [-0.05, 0) is 187 Å². The maximum Gasteiger partial charge on any atom is 0.309 e. The fourth-order valence-electron chi connectivity index (χ4n) is 17.1. The molecule has 0 radical (unpaired) electrons. The number of unbranched alkanes of at least 4 members (excludes halogenated alkanes) is 6. The van der Waals surface area contributed by atoms with Gasteiger partial charge in [0, 0.05) is 5.92 Å². The smallest absolute Gasteiger partial charge is 0.309 e. The van der Waals surface area contributed by atoms with E-state index in [1.165, 1.54) is 225 Å². The molecule has 0 N–H and O–H groups in total. The quantitative estimate of drug-likeness (QED) is 0.136. The lowest BCUT2D eigenvalue weighted by atomic mass is 9.45. The van der Waals surface area contributed by atoms with E-state index in [1.54, 1.807) is 32.1 Å². The first-order chi connectivity index (χ1) is 48.3. The van der Waals surface area contributed by atoms with E-state index in [4.69, 9.17) is 4.74 Å². The zero-order chi connectivity index (χ0) is 81.9. The molecular formula is C102H214O2. The molecule has 8 atom stereocenters. The van der Waals surface area contributed by atoms with E-state index < -0.39 is 0 Å². The van der Waals surface area contributed by atoms with Crippen molar-refractivity contribution in [1.29, 1.82) is 0 Å². The number of hydrogen-bond acceptors (Lipinski definition) is 2. The van der Waals surface area contributed by atoms with Crippen molar-refractivity contribution >= 4 is 5.97 Å². The molecule has 10 saturated carbocycles. The van der Waals surface area contributed by atoms with Gasteiger partial charge >= 0.3 is 5.97 Å². The average Bonchev–Trinajstić information content (AvgIpc) is 1.61. The lowest BCUT2D eigenvalue weighted by Crippen LogP contribution is -2.49. The topological polar surface area (TPSA) is 26.3 Å². The van der Waals surface area contributed by atoms with E-state index in [1.807, 2.05) is 0 Å². The highest BCUT2D eigenvalue weighted by molar-refractivity contribution is 5.77. The Morgan fingerprint density at radius 1 is 0.394 bits per heavy atom. The molecule has 0 amide bonds. The predicted molar refractivity (Wildman–Crippen MR) is 484 cm³/mol. The van der Waals surface area contributed by atoms with Crippen LogP contribution in [0.1, 0.15) is 527 Å². The van der Waals surface area contributed by atoms with Crippen molar-refractivity contribution in [3.05, 3.63) is 0 Å². The minimum atomic E-state index is 0.0874. The molecule has 11 rings (SSSR count). The van der Waals surface area contributed by atoms with Crippen LogP contribution in [-0.4, -0.2) is 12.1 Å². The van der Waals surface area contributed by atoms with Gasteiger partial charge in [0.25, 0.3) is 0 Å². The molecular weight excluding hydrogens is 1260 g/mol. The minimum Gasteiger partial charge on any atom is -0.462 e. The molecule has 6 bridgehead atoms. The SMILES string of the molecule is CC(C)(C)C.CC(C)C.CC1(C)CCCC1.CC1(C)CCCCC1.CC12CC3CC(C1)CC(C)(C3)C2.CC1CCC(C)CC1.CCC.CCC(C)C.CCC(C)CC.CCCC.CCCC(C)C.CCCC(C)C.CCCCC.CCCCCC.C[C@@H]1C2OC(=O)C3C2CC1[C@H]3C.C[C@@H]1CC[C@H](C)C1. The molecule has 2 nitrogen and oxygen atoms in total. The van der Waals surface area contributed by atoms with Crippen molar-refractivity contribution < 1.29 is 9.53 Å². The number of fused-ring (bicyclic) bond motifs is 1. The van der Waals surface area contributed by atoms with Crippen LogP contribution in [0.15, 0.2) is 0 Å². The molecule has 1 heterocycles. The second-order valence-electron chi connectivity index (χ2n) is 42.4. The van der Waals surface area contributed by atoms with Crippen LogP contribution in [0.3, 0.4) is 0 Å². The highest BCUT2D eigenvalue weighted by Gasteiger charge is 2.63. The predicted octanol–water partition coefficient (Wildman–Crippen LogP) is 37.0. The standard InChI is InChI=1S/C12H20.C10H14O2.2C8H16.2C7H14.4C6H14.3C5H12.2C4H10.C3H8/c1-11-4-9-3-10(5-11)7-12(2,6-9)8-11;1-4-6-3-7-8(4)10(11)12-9(7)5(6)2;1-7-3-5-8(2)6-4-7;1-8(2)6-4-3-5-7-8;1-6-3-4-7(2)5-6;1-7(2)5-3-4-6-7;2*1-4-5-6(2)3;1-4-6(3)5-2;1-3-5-6-4-2;1-5(2,3)4;1-4-5(2)3;1-3-5-4-2;1-4(2)3;1-3-4-2;1-3-2/h9-10H,3-8H2,1-2H3;4-9H,3H2,1-2H3;7-8H,3-6H2,1-2H3;3-7H2,1-2H3;6-7H,3-5H2,1-2H3;3-6H2,1-2H3;3*6H,4-5H2,1-3H3;3-6H2,1-2H3;1-4H3;5H,4H2,1-3H3;3-5H2,1-2H3;4H,1-3H3;3-4H2,1-2H3;3H2,1-2H3/t;4-,5+,6?,7?,8?,9?;;;6-,7+;;;;;;;;;;;/m.1............../s1. The molecule has 10 aliphatic carbocycles. The maximum atomic E-state index is 11.4. The molecule has 11 aliphatic rings. The van der Waals surface area contributed by atoms with Crippen molar-refractivity contribution in [2.24, 2.45) is 122 Å². The Hall–Kier alpha value is -0.530. The fourth-order valence-corrected chi connectivity index (χ4v) is 17.1. The van der Waals surface area contributed by atoms with E-state index in [0.717, 1.165) is 81.8 Å². The van der Waals surface area contributed by atoms with Gasteiger partial charge in [-0.1, -0.05) is 450 Å². The van der Waals surface area contributed by atoms with Crippen molar-refractivity contribution in [1.82, 2.24) is 0 Å². The van der Waals surface area contributed by atoms with Crippen LogP contribution in [0.25, 0.3) is 0 Å². The van der Waals surface area contributed by atoms with Crippen LogP contribution in [0.2, 0.25) is 0 Å². The summed E-state index contributed by atoms with van der Waals surface area (Å²) in [7, 11) is 0. The summed E-state index contributed by atoms with van der Waals surface area (Å²) in [5.41, 5.74) is 3.40. The fraction of sp³-hybridized carbons (Fsp3) is 0.990. The normalized spacial score (nSPS) is 28.7. The van der Waals surface area contributed by atoms with E-state index >= 15 is 0 Å². The van der Waals surface area contributed by atoms with Crippen LogP contribution < -0.4 is 0 Å². The summed E-state index contributed by atoms with van der Waals surface area (Å²) in [5, 5.41) is 0. The second-order valence-corrected chi connectivity index (χ2v) is 42.4. The third-order valence-corrected chi connectivity index (χ3v) is 23.6. The van der Waals surface area contributed by atoms with Gasteiger partial charge in [-0.25, -0.2) is 0 Å². The highest BCUT2D eigenvalue weighted by atomic mass is 16.6. The van der Waals surface area contributed by atoms with Gasteiger partial charge in [-0.15, -0.1) is 0 Å². The summed E-state index contributed by atoms with van der Waals surface area (Å²) in [5.74, 6) is 13.6. The van der Waals surface area contributed by atoms with Crippen LogP contribution in [0.4, 0.5) is 0 Å². The van der Waals surface area contributed by atoms with Gasteiger partial charge in [0.1, 0.15) is 6.10 Å². The lowest BCUT2D eigenvalue weighted by molar-refractivity contribution is -0.144. The Kier molecular flexibility index (Phi) is 74.9. The molecule has 1 saturated heterocycles.